The van der Waals surface area contributed by atoms with E-state index in [1.807, 2.05) is 30.3 Å². The molecule has 0 amide bonds. The summed E-state index contributed by atoms with van der Waals surface area (Å²) < 4.78 is 8.91. The second-order valence-corrected chi connectivity index (χ2v) is 22.9. The van der Waals surface area contributed by atoms with Gasteiger partial charge in [-0.15, -0.1) is 47.5 Å². The zero-order valence-corrected chi connectivity index (χ0v) is 40.1. The van der Waals surface area contributed by atoms with E-state index in [1.54, 1.807) is 6.20 Å². The fraction of sp³-hybridized carbons (Fsp3) is 0.241. The molecule has 0 saturated heterocycles. The van der Waals surface area contributed by atoms with Gasteiger partial charge >= 0.3 is 0 Å². The summed E-state index contributed by atoms with van der Waals surface area (Å²) in [6.07, 6.45) is 4.99. The molecule has 9 rings (SSSR count). The molecule has 0 aliphatic heterocycles. The molecule has 4 aromatic heterocycles. The van der Waals surface area contributed by atoms with E-state index in [9.17, 15) is 0 Å². The Bertz CT molecular complexity index is 2900. The second-order valence-electron chi connectivity index (χ2n) is 17.8. The van der Waals surface area contributed by atoms with Gasteiger partial charge in [-0.05, 0) is 87.8 Å². The van der Waals surface area contributed by atoms with Gasteiger partial charge in [-0.25, -0.2) is 0 Å². The van der Waals surface area contributed by atoms with Crippen molar-refractivity contribution in [2.45, 2.75) is 79.4 Å². The van der Waals surface area contributed by atoms with Gasteiger partial charge in [0, 0.05) is 43.2 Å². The van der Waals surface area contributed by atoms with E-state index in [4.69, 9.17) is 14.4 Å². The van der Waals surface area contributed by atoms with Crippen molar-refractivity contribution < 1.29 is 24.5 Å². The van der Waals surface area contributed by atoms with Gasteiger partial charge < -0.3 is 14.0 Å². The molecule has 1 radical (unpaired) electrons. The van der Waals surface area contributed by atoms with E-state index in [0.29, 0.717) is 23.3 Å². The standard InChI is InChI=1S/C36H30N3O.C18H24NSi.Ir/c1-22(2)26-13-10-14-27(23(3)4)34(26)39-31-16-9-8-15-30(31)38-36(39)29-19-20-37-33-28-18-17-25(21-32(28)40-35(29)33)24-11-6-5-7-12-24;1-14(2)11-16-12-17(15-9-7-6-8-10-15)19-13-18(16)20(3,4)5;/h5-18,20-23H,1-4H3;6-9,12-14H,11H2,1-5H3;/q2*-1;. The van der Waals surface area contributed by atoms with Gasteiger partial charge in [-0.3, -0.25) is 9.97 Å². The molecule has 0 aliphatic rings. The number of fused-ring (bicyclic) bond motifs is 4. The van der Waals surface area contributed by atoms with Crippen LogP contribution in [0.15, 0.2) is 138 Å². The minimum atomic E-state index is -1.34. The first-order valence-corrected chi connectivity index (χ1v) is 24.7. The fourth-order valence-corrected chi connectivity index (χ4v) is 9.84. The van der Waals surface area contributed by atoms with Gasteiger partial charge in [0.05, 0.1) is 30.2 Å². The molecular formula is C54H54IrN4OSi-2. The van der Waals surface area contributed by atoms with E-state index in [-0.39, 0.29) is 20.1 Å². The summed E-state index contributed by atoms with van der Waals surface area (Å²) in [4.78, 5) is 14.6. The number of para-hydroxylation sites is 3. The Hall–Kier alpha value is -5.46. The third-order valence-electron chi connectivity index (χ3n) is 11.2. The largest absolute Gasteiger partial charge is 0.513 e. The number of benzene rings is 5. The summed E-state index contributed by atoms with van der Waals surface area (Å²) in [5.41, 5.74) is 14.8. The molecule has 4 heterocycles. The number of furan rings is 1. The number of pyridine rings is 2. The van der Waals surface area contributed by atoms with E-state index in [0.717, 1.165) is 67.7 Å². The summed E-state index contributed by atoms with van der Waals surface area (Å²) in [5, 5.41) is 2.48. The maximum atomic E-state index is 6.60. The zero-order valence-electron chi connectivity index (χ0n) is 36.7. The average molecular weight is 995 g/mol. The molecule has 61 heavy (non-hydrogen) atoms. The van der Waals surface area contributed by atoms with Crippen LogP contribution in [0.25, 0.3) is 72.6 Å². The molecule has 0 N–H and O–H groups in total. The molecule has 0 unspecified atom stereocenters. The summed E-state index contributed by atoms with van der Waals surface area (Å²) in [7, 11) is -1.34. The Balaban J connectivity index is 0.000000226. The SMILES string of the molecule is CC(C)Cc1cc(-c2[c-]cccc2)ncc1[Si](C)(C)C.CC(C)c1cccc(C(C)C)c1-n1c(-c2[c-]cnc3c2oc2cc(-c4ccccc4)ccc23)nc2ccccc21.[Ir]. The van der Waals surface area contributed by atoms with Gasteiger partial charge in [0.2, 0.25) is 0 Å². The molecule has 311 valence electrons. The number of nitrogens with zero attached hydrogens (tertiary/aromatic N) is 4. The smallest absolute Gasteiger partial charge is 0.120 e. The molecule has 0 atom stereocenters. The van der Waals surface area contributed by atoms with Crippen molar-refractivity contribution in [3.8, 4) is 39.5 Å². The Kier molecular flexibility index (Phi) is 13.1. The third-order valence-corrected chi connectivity index (χ3v) is 13.2. The van der Waals surface area contributed by atoms with Crippen LogP contribution in [-0.2, 0) is 26.5 Å². The van der Waals surface area contributed by atoms with Crippen molar-refractivity contribution in [2.75, 3.05) is 0 Å². The molecule has 5 nitrogen and oxygen atoms in total. The quantitative estimate of drug-likeness (QED) is 0.107. The van der Waals surface area contributed by atoms with Crippen molar-refractivity contribution in [1.29, 1.82) is 0 Å². The Labute approximate surface area is 375 Å². The van der Waals surface area contributed by atoms with E-state index < -0.39 is 8.07 Å². The van der Waals surface area contributed by atoms with Crippen LogP contribution >= 0.6 is 0 Å². The molecule has 0 saturated carbocycles. The molecule has 9 aromatic rings. The number of aromatic nitrogens is 4. The van der Waals surface area contributed by atoms with Gasteiger partial charge in [-0.1, -0.05) is 140 Å². The minimum absolute atomic E-state index is 0. The maximum Gasteiger partial charge on any atom is 0.120 e. The van der Waals surface area contributed by atoms with Crippen molar-refractivity contribution in [2.24, 2.45) is 5.92 Å². The predicted molar refractivity (Wildman–Crippen MR) is 254 cm³/mol. The van der Waals surface area contributed by atoms with Crippen LogP contribution < -0.4 is 5.19 Å². The monoisotopic (exact) mass is 995 g/mol. The molecular weight excluding hydrogens is 941 g/mol. The van der Waals surface area contributed by atoms with Gasteiger partial charge in [0.1, 0.15) is 5.58 Å². The fourth-order valence-electron chi connectivity index (χ4n) is 8.25. The van der Waals surface area contributed by atoms with Crippen molar-refractivity contribution in [1.82, 2.24) is 19.5 Å². The van der Waals surface area contributed by atoms with Crippen LogP contribution in [0.4, 0.5) is 0 Å². The second kappa shape index (κ2) is 18.3. The van der Waals surface area contributed by atoms with Crippen molar-refractivity contribution >= 4 is 46.4 Å². The number of rotatable bonds is 9. The zero-order chi connectivity index (χ0) is 42.1. The van der Waals surface area contributed by atoms with Crippen LogP contribution in [0.2, 0.25) is 19.6 Å². The van der Waals surface area contributed by atoms with E-state index >= 15 is 0 Å². The number of hydrogen-bond acceptors (Lipinski definition) is 4. The summed E-state index contributed by atoms with van der Waals surface area (Å²) >= 11 is 0. The Morgan fingerprint density at radius 1 is 0.705 bits per heavy atom. The van der Waals surface area contributed by atoms with Gasteiger partial charge in [0.25, 0.3) is 0 Å². The Morgan fingerprint density at radius 2 is 1.41 bits per heavy atom. The predicted octanol–water partition coefficient (Wildman–Crippen LogP) is 14.0. The molecule has 5 aromatic carbocycles. The van der Waals surface area contributed by atoms with Crippen LogP contribution in [0, 0.1) is 18.1 Å². The summed E-state index contributed by atoms with van der Waals surface area (Å²) in [5.74, 6) is 2.16. The summed E-state index contributed by atoms with van der Waals surface area (Å²) in [6, 6.07) is 48.7. The average Bonchev–Trinajstić information content (AvgIpc) is 3.82. The molecule has 7 heteroatoms. The topological polar surface area (TPSA) is 56.7 Å². The molecule has 0 bridgehead atoms. The maximum absolute atomic E-state index is 6.60. The first-order valence-electron chi connectivity index (χ1n) is 21.2. The van der Waals surface area contributed by atoms with Crippen LogP contribution in [0.1, 0.15) is 70.1 Å². The first-order chi connectivity index (χ1) is 28.9. The van der Waals surface area contributed by atoms with Crippen LogP contribution in [-0.4, -0.2) is 27.6 Å². The van der Waals surface area contributed by atoms with Gasteiger partial charge in [-0.2, -0.15) is 0 Å². The number of imidazole rings is 1. The van der Waals surface area contributed by atoms with Crippen molar-refractivity contribution in [3.63, 3.8) is 0 Å². The first kappa shape index (κ1) is 43.6. The minimum Gasteiger partial charge on any atom is -0.513 e. The van der Waals surface area contributed by atoms with E-state index in [2.05, 4.69) is 180 Å². The Morgan fingerprint density at radius 3 is 2.08 bits per heavy atom. The summed E-state index contributed by atoms with van der Waals surface area (Å²) in [6.45, 7) is 20.7. The van der Waals surface area contributed by atoms with Crippen LogP contribution in [0.5, 0.6) is 0 Å². The van der Waals surface area contributed by atoms with Gasteiger partial charge in [0.15, 0.2) is 0 Å². The third kappa shape index (κ3) is 8.97. The van der Waals surface area contributed by atoms with Crippen LogP contribution in [0.3, 0.4) is 0 Å². The van der Waals surface area contributed by atoms with Crippen molar-refractivity contribution in [3.05, 3.63) is 163 Å². The molecule has 0 spiro atoms. The molecule has 0 aliphatic carbocycles. The molecule has 0 fully saturated rings. The van der Waals surface area contributed by atoms with E-state index in [1.165, 1.54) is 27.6 Å². The number of hydrogen-bond donors (Lipinski definition) is 0. The normalized spacial score (nSPS) is 11.7.